The van der Waals surface area contributed by atoms with Gasteiger partial charge in [-0.3, -0.25) is 28.8 Å². The van der Waals surface area contributed by atoms with Gasteiger partial charge in [0.2, 0.25) is 35.4 Å². The molecule has 4 aromatic carbocycles. The molecule has 8 bridgehead atoms. The Morgan fingerprint density at radius 2 is 0.936 bits per heavy atom. The van der Waals surface area contributed by atoms with E-state index in [1.165, 1.54) is 100 Å². The second-order valence-corrected chi connectivity index (χ2v) is 17.7. The van der Waals surface area contributed by atoms with Crippen molar-refractivity contribution in [1.29, 1.82) is 0 Å². The lowest BCUT2D eigenvalue weighted by Crippen LogP contribution is -2.55. The predicted molar refractivity (Wildman–Crippen MR) is 276 cm³/mol. The Labute approximate surface area is 446 Å². The van der Waals surface area contributed by atoms with E-state index in [2.05, 4.69) is 63.2 Å². The van der Waals surface area contributed by atoms with E-state index < -0.39 is 83.9 Å². The Balaban J connectivity index is 1.26. The van der Waals surface area contributed by atoms with Gasteiger partial charge in [0.05, 0.1) is 39.7 Å². The van der Waals surface area contributed by atoms with Crippen molar-refractivity contribution in [3.8, 4) is 34.0 Å². The number of ether oxygens (including phenoxy) is 4. The highest BCUT2D eigenvalue weighted by Gasteiger charge is 2.33. The summed E-state index contributed by atoms with van der Waals surface area (Å²) in [4.78, 5) is 110. The number of nitrogens with one attached hydrogen (secondary N) is 8. The Hall–Kier alpha value is -9.88. The van der Waals surface area contributed by atoms with E-state index >= 15 is 0 Å². The van der Waals surface area contributed by atoms with Crippen molar-refractivity contribution in [2.24, 2.45) is 0 Å². The zero-order chi connectivity index (χ0) is 55.9. The van der Waals surface area contributed by atoms with Crippen LogP contribution < -0.4 is 52.0 Å². The number of aromatic nitrogens is 6. The number of carbonyl (C=O) groups excluding carboxylic acids is 8. The van der Waals surface area contributed by atoms with Crippen molar-refractivity contribution < 1.29 is 57.3 Å². The van der Waals surface area contributed by atoms with Gasteiger partial charge >= 0.3 is 12.2 Å². The summed E-state index contributed by atoms with van der Waals surface area (Å²) in [5, 5.41) is 37.7. The molecule has 0 saturated heterocycles. The lowest BCUT2D eigenvalue weighted by atomic mass is 10.0. The van der Waals surface area contributed by atoms with Crippen molar-refractivity contribution >= 4 is 47.6 Å². The minimum atomic E-state index is -1.44. The zero-order valence-electron chi connectivity index (χ0n) is 43.3. The summed E-state index contributed by atoms with van der Waals surface area (Å²) in [7, 11) is 5.55. The van der Waals surface area contributed by atoms with Crippen LogP contribution in [0.1, 0.15) is 48.2 Å². The number of hydrogen-bond acceptors (Lipinski definition) is 16. The first-order valence-corrected chi connectivity index (χ1v) is 24.3. The monoisotopic (exact) mass is 1070 g/mol. The van der Waals surface area contributed by atoms with Crippen LogP contribution in [0.2, 0.25) is 0 Å². The highest BCUT2D eigenvalue weighted by molar-refractivity contribution is 5.95. The Bertz CT molecular complexity index is 2930. The van der Waals surface area contributed by atoms with Crippen molar-refractivity contribution in [2.75, 3.05) is 28.3 Å². The van der Waals surface area contributed by atoms with Crippen LogP contribution in [0.25, 0.3) is 22.5 Å². The van der Waals surface area contributed by atoms with Crippen LogP contribution in [0.4, 0.5) is 9.59 Å². The molecule has 26 nitrogen and oxygen atoms in total. The Morgan fingerprint density at radius 3 is 1.29 bits per heavy atom. The first-order chi connectivity index (χ1) is 37.6. The number of hydrogen-bond donors (Lipinski definition) is 8. The van der Waals surface area contributed by atoms with Gasteiger partial charge in [-0.1, -0.05) is 83.2 Å². The third-order valence-electron chi connectivity index (χ3n) is 12.2. The molecular weight excluding hydrogens is 1010 g/mol. The number of benzene rings is 4. The van der Waals surface area contributed by atoms with Gasteiger partial charge in [-0.2, -0.15) is 0 Å². The SMILES string of the molecule is CNC(=O)[C@H]1NC(=O)[C@@H](C)NC(=O)[C@@H](NC(=O)OCc2ccccc2)Cn2cc(nn2)-c2cc(ccc2OC)[C@@H](C(=O)NC)NC(=O)[C@@H](C)NC(=O)[C@@H](NC(=O)OCc2ccccc2)Cn2cc(nn2)-c2cc1ccc2OC. The molecule has 3 heterocycles. The van der Waals surface area contributed by atoms with Crippen LogP contribution in [-0.4, -0.2) is 130 Å². The maximum Gasteiger partial charge on any atom is 0.408 e. The molecule has 1 aliphatic heterocycles. The fourth-order valence-corrected chi connectivity index (χ4v) is 7.99. The number of rotatable bonds is 10. The van der Waals surface area contributed by atoms with Crippen LogP contribution in [0.15, 0.2) is 109 Å². The van der Waals surface area contributed by atoms with E-state index in [9.17, 15) is 38.4 Å². The minimum Gasteiger partial charge on any atom is -0.496 e. The first-order valence-electron chi connectivity index (χ1n) is 24.3. The number of fused-ring (bicyclic) bond motifs is 10. The maximum absolute atomic E-state index is 14.2. The molecule has 0 radical (unpaired) electrons. The molecule has 26 heteroatoms. The van der Waals surface area contributed by atoms with E-state index in [1.54, 1.807) is 60.7 Å². The topological polar surface area (TPSA) is 331 Å². The van der Waals surface area contributed by atoms with Crippen LogP contribution in [0.5, 0.6) is 11.5 Å². The van der Waals surface area contributed by atoms with Gasteiger partial charge in [0.15, 0.2) is 0 Å². The zero-order valence-corrected chi connectivity index (χ0v) is 43.3. The molecule has 408 valence electrons. The molecule has 2 aromatic heterocycles. The molecule has 8 amide bonds. The summed E-state index contributed by atoms with van der Waals surface area (Å²) in [6.45, 7) is 1.77. The molecule has 7 rings (SSSR count). The summed E-state index contributed by atoms with van der Waals surface area (Å²) >= 11 is 0. The van der Waals surface area contributed by atoms with Crippen molar-refractivity contribution in [3.05, 3.63) is 132 Å². The second-order valence-electron chi connectivity index (χ2n) is 17.7. The lowest BCUT2D eigenvalue weighted by Gasteiger charge is -2.24. The molecule has 1 aliphatic rings. The molecule has 0 fully saturated rings. The van der Waals surface area contributed by atoms with Crippen LogP contribution in [-0.2, 0) is 64.5 Å². The average molecular weight is 1070 g/mol. The highest BCUT2D eigenvalue weighted by Crippen LogP contribution is 2.33. The smallest absolute Gasteiger partial charge is 0.408 e. The molecule has 0 aliphatic carbocycles. The van der Waals surface area contributed by atoms with Crippen LogP contribution in [0.3, 0.4) is 0 Å². The summed E-state index contributed by atoms with van der Waals surface area (Å²) in [6, 6.07) is 18.6. The third-order valence-corrected chi connectivity index (χ3v) is 12.2. The Morgan fingerprint density at radius 1 is 0.551 bits per heavy atom. The second kappa shape index (κ2) is 26.1. The van der Waals surface area contributed by atoms with E-state index in [0.717, 1.165) is 0 Å². The van der Waals surface area contributed by atoms with Crippen molar-refractivity contribution in [1.82, 2.24) is 72.5 Å². The fourth-order valence-electron chi connectivity index (χ4n) is 7.99. The number of amides is 8. The number of carbonyl (C=O) groups is 8. The average Bonchev–Trinajstić information content (AvgIpc) is 4.15. The molecule has 6 aromatic rings. The van der Waals surface area contributed by atoms with Crippen molar-refractivity contribution in [3.63, 3.8) is 0 Å². The molecule has 78 heavy (non-hydrogen) atoms. The summed E-state index contributed by atoms with van der Waals surface area (Å²) in [5.74, 6) is -4.03. The van der Waals surface area contributed by atoms with Gasteiger partial charge in [-0.15, -0.1) is 10.2 Å². The number of methoxy groups -OCH3 is 2. The minimum absolute atomic E-state index is 0.132. The molecule has 6 atom stereocenters. The quantitative estimate of drug-likeness (QED) is 0.0960. The van der Waals surface area contributed by atoms with E-state index in [1.807, 2.05) is 0 Å². The maximum atomic E-state index is 14.2. The molecule has 8 N–H and O–H groups in total. The normalized spacial score (nSPS) is 19.1. The van der Waals surface area contributed by atoms with Crippen LogP contribution >= 0.6 is 0 Å². The van der Waals surface area contributed by atoms with E-state index in [4.69, 9.17) is 18.9 Å². The third kappa shape index (κ3) is 14.3. The van der Waals surface area contributed by atoms with Gasteiger partial charge < -0.3 is 61.5 Å². The van der Waals surface area contributed by atoms with Gasteiger partial charge in [0.1, 0.15) is 72.4 Å². The number of alkyl carbamates (subject to hydrolysis) is 2. The number of likely N-dealkylation sites (N-methyl/N-ethyl adjacent to an activating group) is 2. The van der Waals surface area contributed by atoms with Crippen molar-refractivity contribution in [2.45, 2.75) is 76.4 Å². The molecular formula is C52H58N14O12. The lowest BCUT2D eigenvalue weighted by molar-refractivity contribution is -0.132. The highest BCUT2D eigenvalue weighted by atomic mass is 16.6. The molecule has 0 unspecified atom stereocenters. The number of nitrogens with zero attached hydrogens (tertiary/aromatic N) is 6. The fraction of sp³-hybridized carbons (Fsp3) is 0.308. The summed E-state index contributed by atoms with van der Waals surface area (Å²) < 4.78 is 24.6. The predicted octanol–water partition coefficient (Wildman–Crippen LogP) is 1.34. The van der Waals surface area contributed by atoms with Gasteiger partial charge in [0, 0.05) is 25.2 Å². The van der Waals surface area contributed by atoms with Gasteiger partial charge in [0.25, 0.3) is 0 Å². The Kier molecular flexibility index (Phi) is 18.7. The molecule has 0 spiro atoms. The van der Waals surface area contributed by atoms with E-state index in [0.29, 0.717) is 22.3 Å². The van der Waals surface area contributed by atoms with E-state index in [-0.39, 0.29) is 60.3 Å². The largest absolute Gasteiger partial charge is 0.496 e. The standard InChI is InChI=1S/C52H58N14O12/c1-29-45(67)59-43(49(71)53-3)33-17-19-41(75-5)35(21-33)38-24-66(64-62-38)26-40(58-52(74)78-28-32-15-11-8-12-16-32)48(70)56-30(2)46(68)60-44(50(72)54-4)34-18-20-42(76-6)36(22-34)37-23-65(63-61-37)25-39(47(69)55-29)57-51(73)77-27-31-13-9-7-10-14-31/h7-24,29-30,39-40,43-44H,25-28H2,1-6H3,(H,53,71)(H,54,72)(H,55,69)(H,56,70)(H,57,73)(H,58,74)(H,59,67)(H,60,68)/t29-,30-,39+,40+,43+,44+/m1/s1. The first kappa shape index (κ1) is 55.9. The van der Waals surface area contributed by atoms with Gasteiger partial charge in [-0.25, -0.2) is 19.0 Å². The summed E-state index contributed by atoms with van der Waals surface area (Å²) in [6.07, 6.45) is 0.929. The summed E-state index contributed by atoms with van der Waals surface area (Å²) in [5.41, 5.74) is 2.76. The van der Waals surface area contributed by atoms with Crippen LogP contribution in [0, 0.1) is 0 Å². The molecule has 0 saturated carbocycles. The van der Waals surface area contributed by atoms with Gasteiger partial charge in [-0.05, 0) is 60.4 Å².